The average molecular weight is 192 g/mol. The van der Waals surface area contributed by atoms with E-state index < -0.39 is 16.0 Å². The lowest BCUT2D eigenvalue weighted by Crippen LogP contribution is -2.26. The van der Waals surface area contributed by atoms with Crippen molar-refractivity contribution in [3.8, 4) is 0 Å². The lowest BCUT2D eigenvalue weighted by Gasteiger charge is -2.08. The van der Waals surface area contributed by atoms with Crippen LogP contribution in [0.1, 0.15) is 27.2 Å². The monoisotopic (exact) mass is 192 g/mol. The standard InChI is InChI=1S/C8H16O3S/c1-4-6-12(10)7(3)8(9)11-5-2/h7H,4-6H2,1-3H3. The van der Waals surface area contributed by atoms with Gasteiger partial charge < -0.3 is 4.74 Å². The summed E-state index contributed by atoms with van der Waals surface area (Å²) in [6.07, 6.45) is 0.830. The predicted molar refractivity (Wildman–Crippen MR) is 49.4 cm³/mol. The van der Waals surface area contributed by atoms with E-state index in [4.69, 9.17) is 4.74 Å². The number of carbonyl (C=O) groups is 1. The molecule has 12 heavy (non-hydrogen) atoms. The summed E-state index contributed by atoms with van der Waals surface area (Å²) in [4.78, 5) is 11.0. The van der Waals surface area contributed by atoms with Crippen molar-refractivity contribution in [3.05, 3.63) is 0 Å². The number of ether oxygens (including phenoxy) is 1. The summed E-state index contributed by atoms with van der Waals surface area (Å²) in [6.45, 7) is 5.68. The molecule has 0 aromatic heterocycles. The highest BCUT2D eigenvalue weighted by atomic mass is 32.2. The number of carbonyl (C=O) groups excluding carboxylic acids is 1. The highest BCUT2D eigenvalue weighted by Gasteiger charge is 2.19. The van der Waals surface area contributed by atoms with Gasteiger partial charge in [0.05, 0.1) is 6.61 Å². The molecule has 0 aromatic rings. The van der Waals surface area contributed by atoms with E-state index in [9.17, 15) is 9.00 Å². The molecular weight excluding hydrogens is 176 g/mol. The third-order valence-corrected chi connectivity index (χ3v) is 3.21. The first-order chi connectivity index (χ1) is 5.63. The topological polar surface area (TPSA) is 43.4 Å². The summed E-state index contributed by atoms with van der Waals surface area (Å²) in [6, 6.07) is 0. The van der Waals surface area contributed by atoms with Crippen LogP contribution in [0.2, 0.25) is 0 Å². The van der Waals surface area contributed by atoms with Gasteiger partial charge >= 0.3 is 5.97 Å². The number of hydrogen-bond acceptors (Lipinski definition) is 3. The van der Waals surface area contributed by atoms with Crippen molar-refractivity contribution in [1.82, 2.24) is 0 Å². The molecule has 72 valence electrons. The van der Waals surface area contributed by atoms with Gasteiger partial charge in [-0.05, 0) is 20.3 Å². The average Bonchev–Trinajstić information content (AvgIpc) is 2.04. The van der Waals surface area contributed by atoms with E-state index in [0.717, 1.165) is 6.42 Å². The molecule has 0 aliphatic heterocycles. The highest BCUT2D eigenvalue weighted by Crippen LogP contribution is 2.00. The van der Waals surface area contributed by atoms with Gasteiger partial charge in [-0.3, -0.25) is 9.00 Å². The fraction of sp³-hybridized carbons (Fsp3) is 0.875. The molecule has 0 spiro atoms. The summed E-state index contributed by atoms with van der Waals surface area (Å²) in [7, 11) is -1.07. The first-order valence-electron chi connectivity index (χ1n) is 4.17. The van der Waals surface area contributed by atoms with Crippen molar-refractivity contribution in [2.24, 2.45) is 0 Å². The second kappa shape index (κ2) is 6.17. The molecule has 0 heterocycles. The number of rotatable bonds is 5. The Morgan fingerprint density at radius 1 is 1.50 bits per heavy atom. The van der Waals surface area contributed by atoms with Gasteiger partial charge in [0, 0.05) is 16.6 Å². The summed E-state index contributed by atoms with van der Waals surface area (Å²) < 4.78 is 16.0. The molecule has 2 atom stereocenters. The number of esters is 1. The molecule has 0 saturated heterocycles. The van der Waals surface area contributed by atoms with Crippen LogP contribution >= 0.6 is 0 Å². The van der Waals surface area contributed by atoms with E-state index in [1.54, 1.807) is 13.8 Å². The fourth-order valence-corrected chi connectivity index (χ4v) is 1.78. The summed E-state index contributed by atoms with van der Waals surface area (Å²) in [5, 5.41) is -0.482. The quantitative estimate of drug-likeness (QED) is 0.613. The molecule has 0 radical (unpaired) electrons. The maximum absolute atomic E-state index is 11.3. The first kappa shape index (κ1) is 11.6. The molecule has 0 N–H and O–H groups in total. The molecule has 0 fully saturated rings. The van der Waals surface area contributed by atoms with Crippen LogP contribution in [0.5, 0.6) is 0 Å². The summed E-state index contributed by atoms with van der Waals surface area (Å²) >= 11 is 0. The van der Waals surface area contributed by atoms with Crippen molar-refractivity contribution in [3.63, 3.8) is 0 Å². The van der Waals surface area contributed by atoms with E-state index in [-0.39, 0.29) is 5.97 Å². The molecule has 0 aromatic carbocycles. The molecular formula is C8H16O3S. The minimum absolute atomic E-state index is 0.354. The van der Waals surface area contributed by atoms with Crippen molar-refractivity contribution >= 4 is 16.8 Å². The van der Waals surface area contributed by atoms with E-state index in [1.165, 1.54) is 0 Å². The van der Waals surface area contributed by atoms with Gasteiger partial charge in [0.2, 0.25) is 0 Å². The van der Waals surface area contributed by atoms with Crippen LogP contribution in [0.3, 0.4) is 0 Å². The predicted octanol–water partition coefficient (Wildman–Crippen LogP) is 1.10. The molecule has 0 amide bonds. The largest absolute Gasteiger partial charge is 0.465 e. The minimum atomic E-state index is -1.07. The second-order valence-corrected chi connectivity index (χ2v) is 4.36. The molecule has 3 nitrogen and oxygen atoms in total. The Morgan fingerprint density at radius 3 is 2.50 bits per heavy atom. The zero-order chi connectivity index (χ0) is 9.56. The SMILES string of the molecule is CCCS(=O)C(C)C(=O)OCC. The van der Waals surface area contributed by atoms with Crippen molar-refractivity contribution in [1.29, 1.82) is 0 Å². The van der Waals surface area contributed by atoms with E-state index in [1.807, 2.05) is 6.92 Å². The highest BCUT2D eigenvalue weighted by molar-refractivity contribution is 7.86. The Balaban J connectivity index is 3.91. The van der Waals surface area contributed by atoms with Crippen LogP contribution in [0.25, 0.3) is 0 Å². The maximum atomic E-state index is 11.3. The van der Waals surface area contributed by atoms with E-state index in [0.29, 0.717) is 12.4 Å². The van der Waals surface area contributed by atoms with Crippen LogP contribution in [0, 0.1) is 0 Å². The molecule has 0 aliphatic carbocycles. The van der Waals surface area contributed by atoms with Crippen molar-refractivity contribution < 1.29 is 13.7 Å². The third kappa shape index (κ3) is 3.85. The van der Waals surface area contributed by atoms with Crippen LogP contribution in [-0.4, -0.2) is 27.8 Å². The Kier molecular flexibility index (Phi) is 5.98. The zero-order valence-electron chi connectivity index (χ0n) is 7.83. The lowest BCUT2D eigenvalue weighted by molar-refractivity contribution is -0.142. The molecule has 0 aliphatic rings. The Hall–Kier alpha value is -0.380. The Bertz CT molecular complexity index is 150. The van der Waals surface area contributed by atoms with Crippen LogP contribution in [-0.2, 0) is 20.3 Å². The third-order valence-electron chi connectivity index (χ3n) is 1.42. The number of hydrogen-bond donors (Lipinski definition) is 0. The fourth-order valence-electron chi connectivity index (χ4n) is 0.745. The van der Waals surface area contributed by atoms with Crippen molar-refractivity contribution in [2.45, 2.75) is 32.4 Å². The van der Waals surface area contributed by atoms with Gasteiger partial charge in [-0.15, -0.1) is 0 Å². The minimum Gasteiger partial charge on any atom is -0.465 e. The van der Waals surface area contributed by atoms with Crippen molar-refractivity contribution in [2.75, 3.05) is 12.4 Å². The van der Waals surface area contributed by atoms with E-state index >= 15 is 0 Å². The molecule has 0 rings (SSSR count). The van der Waals surface area contributed by atoms with E-state index in [2.05, 4.69) is 0 Å². The second-order valence-electron chi connectivity index (χ2n) is 2.48. The first-order valence-corrected chi connectivity index (χ1v) is 5.55. The van der Waals surface area contributed by atoms with Gasteiger partial charge in [0.15, 0.2) is 0 Å². The Labute approximate surface area is 75.9 Å². The zero-order valence-corrected chi connectivity index (χ0v) is 8.65. The molecule has 4 heteroatoms. The van der Waals surface area contributed by atoms with Crippen LogP contribution < -0.4 is 0 Å². The normalized spacial score (nSPS) is 15.2. The van der Waals surface area contributed by atoms with Gasteiger partial charge in [-0.25, -0.2) is 0 Å². The maximum Gasteiger partial charge on any atom is 0.321 e. The smallest absolute Gasteiger partial charge is 0.321 e. The van der Waals surface area contributed by atoms with Crippen LogP contribution in [0.15, 0.2) is 0 Å². The molecule has 0 bridgehead atoms. The van der Waals surface area contributed by atoms with Gasteiger partial charge in [-0.1, -0.05) is 6.92 Å². The van der Waals surface area contributed by atoms with Gasteiger partial charge in [0.1, 0.15) is 5.25 Å². The molecule has 0 saturated carbocycles. The Morgan fingerprint density at radius 2 is 2.08 bits per heavy atom. The van der Waals surface area contributed by atoms with Gasteiger partial charge in [-0.2, -0.15) is 0 Å². The lowest BCUT2D eigenvalue weighted by atomic mass is 10.5. The van der Waals surface area contributed by atoms with Gasteiger partial charge in [0.25, 0.3) is 0 Å². The summed E-state index contributed by atoms with van der Waals surface area (Å²) in [5.41, 5.74) is 0. The molecule has 2 unspecified atom stereocenters. The summed E-state index contributed by atoms with van der Waals surface area (Å²) in [5.74, 6) is 0.212. The van der Waals surface area contributed by atoms with Crippen LogP contribution in [0.4, 0.5) is 0 Å².